The van der Waals surface area contributed by atoms with Crippen LogP contribution in [-0.4, -0.2) is 38.1 Å². The number of benzene rings is 2. The molecule has 1 aliphatic carbocycles. The van der Waals surface area contributed by atoms with E-state index in [4.69, 9.17) is 0 Å². The average molecular weight is 427 g/mol. The van der Waals surface area contributed by atoms with Gasteiger partial charge in [0.05, 0.1) is 23.5 Å². The van der Waals surface area contributed by atoms with Crippen LogP contribution in [0.25, 0.3) is 5.70 Å². The monoisotopic (exact) mass is 426 g/mol. The summed E-state index contributed by atoms with van der Waals surface area (Å²) in [5, 5.41) is 12.8. The third-order valence-electron chi connectivity index (χ3n) is 6.00. The molecule has 5 heteroatoms. The van der Waals surface area contributed by atoms with Gasteiger partial charge in [0.2, 0.25) is 0 Å². The number of para-hydroxylation sites is 1. The van der Waals surface area contributed by atoms with Crippen molar-refractivity contribution in [2.24, 2.45) is 5.92 Å². The first-order valence-electron chi connectivity index (χ1n) is 10.7. The van der Waals surface area contributed by atoms with Crippen LogP contribution in [0.3, 0.4) is 0 Å². The normalized spacial score (nSPS) is 20.9. The van der Waals surface area contributed by atoms with Gasteiger partial charge in [-0.3, -0.25) is 0 Å². The van der Waals surface area contributed by atoms with Gasteiger partial charge in [-0.25, -0.2) is 0 Å². The second-order valence-corrected chi connectivity index (χ2v) is 9.57. The number of fused-ring (bicyclic) bond motifs is 3. The minimum Gasteiger partial charge on any atom is -0.378 e. The molecule has 2 unspecified atom stereocenters. The molecule has 2 aromatic carbocycles. The first-order valence-corrected chi connectivity index (χ1v) is 11.6. The van der Waals surface area contributed by atoms with E-state index in [-0.39, 0.29) is 12.0 Å². The standard InChI is InChI=1S/C26H26N4S/c1-29(2)12-5-13-30-23-6-3-4-7-25(23)31-26-16-19(9-11-24(26)30)22-15-20-14-18(17-27)8-10-21(20)28-22/h3-4,6-11,14-16,20-21,28H,5,12-13H2,1-2H3. The molecule has 2 heterocycles. The lowest BCUT2D eigenvalue weighted by atomic mass is 9.94. The summed E-state index contributed by atoms with van der Waals surface area (Å²) >= 11 is 1.85. The highest BCUT2D eigenvalue weighted by molar-refractivity contribution is 7.99. The quantitative estimate of drug-likeness (QED) is 0.713. The van der Waals surface area contributed by atoms with Crippen molar-refractivity contribution in [1.29, 1.82) is 5.26 Å². The molecule has 0 radical (unpaired) electrons. The van der Waals surface area contributed by atoms with Gasteiger partial charge in [-0.15, -0.1) is 0 Å². The Kier molecular flexibility index (Phi) is 5.35. The number of nitrogens with zero attached hydrogens (tertiary/aromatic N) is 3. The van der Waals surface area contributed by atoms with Crippen molar-refractivity contribution in [3.63, 3.8) is 0 Å². The Morgan fingerprint density at radius 3 is 2.77 bits per heavy atom. The molecule has 156 valence electrons. The van der Waals surface area contributed by atoms with Gasteiger partial charge in [-0.1, -0.05) is 48.2 Å². The lowest BCUT2D eigenvalue weighted by Gasteiger charge is -2.33. The summed E-state index contributed by atoms with van der Waals surface area (Å²) in [4.78, 5) is 7.31. The summed E-state index contributed by atoms with van der Waals surface area (Å²) in [6.07, 6.45) is 9.44. The van der Waals surface area contributed by atoms with Crippen LogP contribution in [0.4, 0.5) is 11.4 Å². The molecule has 0 saturated carbocycles. The number of hydrogen-bond acceptors (Lipinski definition) is 5. The molecule has 0 bridgehead atoms. The van der Waals surface area contributed by atoms with Crippen LogP contribution in [0, 0.1) is 17.2 Å². The average Bonchev–Trinajstić information content (AvgIpc) is 3.21. The van der Waals surface area contributed by atoms with E-state index in [0.717, 1.165) is 30.8 Å². The highest BCUT2D eigenvalue weighted by Crippen LogP contribution is 2.49. The molecule has 2 atom stereocenters. The van der Waals surface area contributed by atoms with Gasteiger partial charge in [0.1, 0.15) is 0 Å². The summed E-state index contributed by atoms with van der Waals surface area (Å²) in [6, 6.07) is 18.0. The molecule has 0 spiro atoms. The first kappa shape index (κ1) is 20.0. The molecule has 2 aliphatic heterocycles. The van der Waals surface area contributed by atoms with Gasteiger partial charge in [-0.2, -0.15) is 5.26 Å². The van der Waals surface area contributed by atoms with E-state index in [9.17, 15) is 5.26 Å². The Morgan fingerprint density at radius 1 is 1.10 bits per heavy atom. The smallest absolute Gasteiger partial charge is 0.0988 e. The van der Waals surface area contributed by atoms with Crippen molar-refractivity contribution < 1.29 is 0 Å². The maximum atomic E-state index is 9.20. The zero-order valence-corrected chi connectivity index (χ0v) is 18.7. The molecule has 0 aromatic heterocycles. The Morgan fingerprint density at radius 2 is 1.94 bits per heavy atom. The third-order valence-corrected chi connectivity index (χ3v) is 7.12. The van der Waals surface area contributed by atoms with Crippen LogP contribution in [0.15, 0.2) is 82.1 Å². The lowest BCUT2D eigenvalue weighted by molar-refractivity contribution is 0.402. The summed E-state index contributed by atoms with van der Waals surface area (Å²) in [7, 11) is 4.26. The van der Waals surface area contributed by atoms with Crippen molar-refractivity contribution in [1.82, 2.24) is 10.2 Å². The Hall–Kier alpha value is -2.94. The summed E-state index contributed by atoms with van der Waals surface area (Å²) in [5.74, 6) is 0.238. The largest absolute Gasteiger partial charge is 0.378 e. The van der Waals surface area contributed by atoms with Gasteiger partial charge in [-0.05, 0) is 63.0 Å². The topological polar surface area (TPSA) is 42.3 Å². The number of nitriles is 1. The molecular weight excluding hydrogens is 400 g/mol. The zero-order chi connectivity index (χ0) is 21.4. The summed E-state index contributed by atoms with van der Waals surface area (Å²) < 4.78 is 0. The number of rotatable bonds is 5. The molecule has 5 rings (SSSR count). The second-order valence-electron chi connectivity index (χ2n) is 8.48. The van der Waals surface area contributed by atoms with Gasteiger partial charge in [0.25, 0.3) is 0 Å². The van der Waals surface area contributed by atoms with Crippen LogP contribution >= 0.6 is 11.8 Å². The molecule has 4 nitrogen and oxygen atoms in total. The van der Waals surface area contributed by atoms with Crippen molar-refractivity contribution >= 4 is 28.8 Å². The van der Waals surface area contributed by atoms with Gasteiger partial charge in [0.15, 0.2) is 0 Å². The predicted octanol–water partition coefficient (Wildman–Crippen LogP) is 5.19. The molecule has 0 saturated heterocycles. The fourth-order valence-electron chi connectivity index (χ4n) is 4.46. The maximum Gasteiger partial charge on any atom is 0.0988 e. The van der Waals surface area contributed by atoms with Crippen molar-refractivity contribution in [2.75, 3.05) is 32.1 Å². The van der Waals surface area contributed by atoms with E-state index < -0.39 is 0 Å². The first-order chi connectivity index (χ1) is 15.1. The van der Waals surface area contributed by atoms with Crippen LogP contribution in [0.2, 0.25) is 0 Å². The molecule has 3 aliphatic rings. The van der Waals surface area contributed by atoms with E-state index in [1.54, 1.807) is 0 Å². The number of hydrogen-bond donors (Lipinski definition) is 1. The minimum absolute atomic E-state index is 0.235. The Balaban J connectivity index is 1.45. The summed E-state index contributed by atoms with van der Waals surface area (Å²) in [6.45, 7) is 2.07. The number of nitrogens with one attached hydrogen (secondary N) is 1. The molecule has 0 fully saturated rings. The maximum absolute atomic E-state index is 9.20. The van der Waals surface area contributed by atoms with E-state index in [2.05, 4.69) is 96.0 Å². The Bertz CT molecular complexity index is 1140. The zero-order valence-electron chi connectivity index (χ0n) is 17.9. The van der Waals surface area contributed by atoms with E-state index in [1.165, 1.54) is 26.7 Å². The fraction of sp³-hybridized carbons (Fsp3) is 0.269. The second kappa shape index (κ2) is 8.30. The molecule has 0 amide bonds. The number of anilines is 2. The van der Waals surface area contributed by atoms with Crippen molar-refractivity contribution in [3.8, 4) is 6.07 Å². The lowest BCUT2D eigenvalue weighted by Crippen LogP contribution is -2.27. The van der Waals surface area contributed by atoms with Crippen LogP contribution in [0.1, 0.15) is 12.0 Å². The predicted molar refractivity (Wildman–Crippen MR) is 128 cm³/mol. The van der Waals surface area contributed by atoms with Crippen LogP contribution in [0.5, 0.6) is 0 Å². The third kappa shape index (κ3) is 3.89. The highest BCUT2D eigenvalue weighted by Gasteiger charge is 2.28. The van der Waals surface area contributed by atoms with E-state index >= 15 is 0 Å². The summed E-state index contributed by atoms with van der Waals surface area (Å²) in [5.41, 5.74) is 5.68. The highest BCUT2D eigenvalue weighted by atomic mass is 32.2. The molecule has 2 aromatic rings. The molecular formula is C26H26N4S. The van der Waals surface area contributed by atoms with E-state index in [0.29, 0.717) is 0 Å². The minimum atomic E-state index is 0.235. The Labute approximate surface area is 188 Å². The number of allylic oxidation sites excluding steroid dienone is 2. The molecule has 31 heavy (non-hydrogen) atoms. The van der Waals surface area contributed by atoms with Crippen molar-refractivity contribution in [3.05, 3.63) is 77.9 Å². The molecule has 1 N–H and O–H groups in total. The van der Waals surface area contributed by atoms with Crippen LogP contribution < -0.4 is 10.2 Å². The van der Waals surface area contributed by atoms with Crippen molar-refractivity contribution in [2.45, 2.75) is 22.3 Å². The SMILES string of the molecule is CN(C)CCCN1c2ccccc2Sc2cc(C3=CC4C=C(C#N)C=CC4N3)ccc21. The fourth-order valence-corrected chi connectivity index (χ4v) is 5.59. The van der Waals surface area contributed by atoms with Gasteiger partial charge >= 0.3 is 0 Å². The van der Waals surface area contributed by atoms with E-state index in [1.807, 2.05) is 17.8 Å². The van der Waals surface area contributed by atoms with Gasteiger partial charge < -0.3 is 15.1 Å². The van der Waals surface area contributed by atoms with Crippen LogP contribution in [-0.2, 0) is 0 Å². The van der Waals surface area contributed by atoms with Gasteiger partial charge in [0, 0.05) is 33.5 Å².